The lowest BCUT2D eigenvalue weighted by atomic mass is 10.0. The summed E-state index contributed by atoms with van der Waals surface area (Å²) in [7, 11) is 1.26. The van der Waals surface area contributed by atoms with E-state index in [2.05, 4.69) is 31.3 Å². The Balaban J connectivity index is 3.87. The number of carbonyl (C=O) groups excluding carboxylic acids is 1. The van der Waals surface area contributed by atoms with Crippen LogP contribution in [0.15, 0.2) is 24.3 Å². The van der Waals surface area contributed by atoms with Gasteiger partial charge in [-0.2, -0.15) is 0 Å². The number of phosphoric acid groups is 1. The summed E-state index contributed by atoms with van der Waals surface area (Å²) in [6.45, 7) is 4.49. The van der Waals surface area contributed by atoms with E-state index in [4.69, 9.17) is 9.05 Å². The number of rotatable bonds is 40. The van der Waals surface area contributed by atoms with Gasteiger partial charge in [0, 0.05) is 6.42 Å². The Hall–Kier alpha value is -1.02. The van der Waals surface area contributed by atoms with Crippen molar-refractivity contribution in [3.05, 3.63) is 24.3 Å². The maximum Gasteiger partial charge on any atom is 0.268 e. The molecule has 0 aromatic carbocycles. The van der Waals surface area contributed by atoms with E-state index >= 15 is 0 Å². The molecule has 1 amide bonds. The van der Waals surface area contributed by atoms with Crippen LogP contribution in [0, 0.1) is 0 Å². The van der Waals surface area contributed by atoms with Gasteiger partial charge in [-0.25, -0.2) is 0 Å². The molecule has 314 valence electrons. The van der Waals surface area contributed by atoms with Crippen LogP contribution < -0.4 is 10.2 Å². The van der Waals surface area contributed by atoms with E-state index < -0.39 is 20.0 Å². The number of nitrogens with zero attached hydrogens (tertiary/aromatic N) is 1. The third-order valence-electron chi connectivity index (χ3n) is 9.91. The fourth-order valence-electron chi connectivity index (χ4n) is 6.31. The van der Waals surface area contributed by atoms with Gasteiger partial charge in [0.05, 0.1) is 39.9 Å². The lowest BCUT2D eigenvalue weighted by Gasteiger charge is -2.29. The summed E-state index contributed by atoms with van der Waals surface area (Å²) in [6.07, 6.45) is 43.1. The maximum atomic E-state index is 12.7. The number of likely N-dealkylation sites (N-methyl/N-ethyl adjacent to an activating group) is 1. The summed E-state index contributed by atoms with van der Waals surface area (Å²) in [4.78, 5) is 25.0. The van der Waals surface area contributed by atoms with Crippen LogP contribution in [0.4, 0.5) is 0 Å². The molecule has 0 saturated carbocycles. The van der Waals surface area contributed by atoms with Crippen molar-refractivity contribution < 1.29 is 32.9 Å². The number of aliphatic hydroxyl groups is 1. The minimum absolute atomic E-state index is 0.00102. The zero-order valence-electron chi connectivity index (χ0n) is 35.5. The largest absolute Gasteiger partial charge is 0.756 e. The van der Waals surface area contributed by atoms with Crippen LogP contribution in [0.3, 0.4) is 0 Å². The number of hydrogen-bond donors (Lipinski definition) is 2. The molecule has 0 saturated heterocycles. The topological polar surface area (TPSA) is 108 Å². The van der Waals surface area contributed by atoms with Crippen LogP contribution in [0.25, 0.3) is 0 Å². The van der Waals surface area contributed by atoms with Crippen molar-refractivity contribution in [2.24, 2.45) is 0 Å². The highest BCUT2D eigenvalue weighted by Gasteiger charge is 2.23. The van der Waals surface area contributed by atoms with E-state index in [9.17, 15) is 19.4 Å². The van der Waals surface area contributed by atoms with Crippen LogP contribution in [0.1, 0.15) is 200 Å². The first-order valence-electron chi connectivity index (χ1n) is 22.2. The van der Waals surface area contributed by atoms with Gasteiger partial charge in [-0.05, 0) is 38.5 Å². The molecule has 3 unspecified atom stereocenters. The Morgan fingerprint density at radius 3 is 1.51 bits per heavy atom. The number of quaternary nitrogens is 1. The standard InChI is InChI=1S/C44H87N2O6P/c1-6-8-10-12-13-14-15-16-17-18-19-20-21-22-23-24-25-26-27-28-29-30-31-32-33-34-36-38-44(48)45-42(43(47)37-35-11-9-7-2)41-52-53(49,50)51-40-39-46(3,4)5/h18-19,35,37,42-43,47H,6-17,20-34,36,38-41H2,1-5H3,(H-,45,48,49,50)/b19-18-,37-35+. The molecule has 8 nitrogen and oxygen atoms in total. The lowest BCUT2D eigenvalue weighted by molar-refractivity contribution is -0.870. The van der Waals surface area contributed by atoms with Crippen molar-refractivity contribution in [1.29, 1.82) is 0 Å². The molecular weight excluding hydrogens is 683 g/mol. The number of unbranched alkanes of at least 4 members (excludes halogenated alkanes) is 25. The molecule has 0 aliphatic heterocycles. The molecule has 0 bridgehead atoms. The van der Waals surface area contributed by atoms with Crippen LogP contribution in [0.2, 0.25) is 0 Å². The summed E-state index contributed by atoms with van der Waals surface area (Å²) < 4.78 is 22.9. The van der Waals surface area contributed by atoms with Gasteiger partial charge in [-0.3, -0.25) is 9.36 Å². The average molecular weight is 771 g/mol. The molecule has 0 spiro atoms. The zero-order chi connectivity index (χ0) is 39.3. The van der Waals surface area contributed by atoms with E-state index in [0.717, 1.165) is 38.5 Å². The molecule has 0 aliphatic carbocycles. The minimum Gasteiger partial charge on any atom is -0.756 e. The minimum atomic E-state index is -4.56. The molecule has 0 aliphatic rings. The average Bonchev–Trinajstić information content (AvgIpc) is 3.10. The monoisotopic (exact) mass is 771 g/mol. The van der Waals surface area contributed by atoms with E-state index in [1.54, 1.807) is 6.08 Å². The van der Waals surface area contributed by atoms with Crippen molar-refractivity contribution >= 4 is 13.7 Å². The predicted molar refractivity (Wildman–Crippen MR) is 224 cm³/mol. The van der Waals surface area contributed by atoms with E-state index in [-0.39, 0.29) is 19.1 Å². The number of phosphoric ester groups is 1. The summed E-state index contributed by atoms with van der Waals surface area (Å²) in [5.74, 6) is -0.206. The second-order valence-corrected chi connectivity index (χ2v) is 17.8. The normalized spacial score (nSPS) is 14.6. The number of nitrogens with one attached hydrogen (secondary N) is 1. The highest BCUT2D eigenvalue weighted by atomic mass is 31.2. The fraction of sp³-hybridized carbons (Fsp3) is 0.886. The zero-order valence-corrected chi connectivity index (χ0v) is 36.4. The Bertz CT molecular complexity index is 922. The van der Waals surface area contributed by atoms with Gasteiger partial charge in [0.2, 0.25) is 5.91 Å². The molecule has 9 heteroatoms. The van der Waals surface area contributed by atoms with Crippen molar-refractivity contribution in [1.82, 2.24) is 5.32 Å². The summed E-state index contributed by atoms with van der Waals surface area (Å²) in [5, 5.41) is 13.5. The maximum absolute atomic E-state index is 12.7. The van der Waals surface area contributed by atoms with Crippen molar-refractivity contribution in [2.75, 3.05) is 40.9 Å². The fourth-order valence-corrected chi connectivity index (χ4v) is 7.03. The van der Waals surface area contributed by atoms with E-state index in [1.807, 2.05) is 27.2 Å². The summed E-state index contributed by atoms with van der Waals surface area (Å²) in [6, 6.07) is -0.878. The highest BCUT2D eigenvalue weighted by molar-refractivity contribution is 7.45. The smallest absolute Gasteiger partial charge is 0.268 e. The van der Waals surface area contributed by atoms with Crippen LogP contribution in [0.5, 0.6) is 0 Å². The molecule has 3 atom stereocenters. The first kappa shape index (κ1) is 52.0. The van der Waals surface area contributed by atoms with Crippen molar-refractivity contribution in [3.8, 4) is 0 Å². The third-order valence-corrected chi connectivity index (χ3v) is 10.9. The molecule has 0 aromatic rings. The number of aliphatic hydroxyl groups excluding tert-OH is 1. The number of allylic oxidation sites excluding steroid dienone is 3. The molecule has 0 aromatic heterocycles. The summed E-state index contributed by atoms with van der Waals surface area (Å²) in [5.41, 5.74) is 0. The number of carbonyl (C=O) groups is 1. The van der Waals surface area contributed by atoms with Gasteiger partial charge < -0.3 is 28.8 Å². The van der Waals surface area contributed by atoms with Crippen molar-refractivity contribution in [3.63, 3.8) is 0 Å². The van der Waals surface area contributed by atoms with E-state index in [1.165, 1.54) is 141 Å². The Kier molecular flexibility index (Phi) is 35.9. The SMILES string of the molecule is CCCC/C=C/C(O)C(COP(=O)([O-])OCC[N+](C)(C)C)NC(=O)CCCCCCCCCCCCCCCCC/C=C\CCCCCCCCCC. The Morgan fingerprint density at radius 2 is 1.06 bits per heavy atom. The highest BCUT2D eigenvalue weighted by Crippen LogP contribution is 2.38. The molecule has 0 heterocycles. The Labute approximate surface area is 328 Å². The number of hydrogen-bond acceptors (Lipinski definition) is 6. The van der Waals surface area contributed by atoms with E-state index in [0.29, 0.717) is 17.4 Å². The number of amides is 1. The van der Waals surface area contributed by atoms with Crippen LogP contribution in [-0.4, -0.2) is 68.5 Å². The second-order valence-electron chi connectivity index (χ2n) is 16.4. The molecule has 0 radical (unpaired) electrons. The van der Waals surface area contributed by atoms with Gasteiger partial charge >= 0.3 is 0 Å². The first-order chi connectivity index (χ1) is 25.5. The molecule has 53 heavy (non-hydrogen) atoms. The van der Waals surface area contributed by atoms with Gasteiger partial charge in [-0.15, -0.1) is 0 Å². The molecule has 0 fully saturated rings. The van der Waals surface area contributed by atoms with Crippen LogP contribution >= 0.6 is 7.82 Å². The van der Waals surface area contributed by atoms with Crippen LogP contribution in [-0.2, 0) is 18.4 Å². The van der Waals surface area contributed by atoms with Gasteiger partial charge in [0.1, 0.15) is 13.2 Å². The quantitative estimate of drug-likeness (QED) is 0.0278. The summed E-state index contributed by atoms with van der Waals surface area (Å²) >= 11 is 0. The van der Waals surface area contributed by atoms with Gasteiger partial charge in [-0.1, -0.05) is 179 Å². The molecule has 0 rings (SSSR count). The Morgan fingerprint density at radius 1 is 0.642 bits per heavy atom. The second kappa shape index (κ2) is 36.6. The van der Waals surface area contributed by atoms with Gasteiger partial charge in [0.15, 0.2) is 0 Å². The van der Waals surface area contributed by atoms with Crippen molar-refractivity contribution in [2.45, 2.75) is 212 Å². The molecular formula is C44H87N2O6P. The molecule has 2 N–H and O–H groups in total. The predicted octanol–water partition coefficient (Wildman–Crippen LogP) is 11.5. The third kappa shape index (κ3) is 39.0. The lowest BCUT2D eigenvalue weighted by Crippen LogP contribution is -2.45. The first-order valence-corrected chi connectivity index (χ1v) is 23.7. The van der Waals surface area contributed by atoms with Gasteiger partial charge in [0.25, 0.3) is 7.82 Å².